The van der Waals surface area contributed by atoms with Crippen molar-refractivity contribution in [1.82, 2.24) is 5.32 Å². The number of aliphatic hydroxyl groups excluding tert-OH is 1. The minimum Gasteiger partial charge on any atom is -0.393 e. The van der Waals surface area contributed by atoms with Gasteiger partial charge in [-0.1, -0.05) is 6.92 Å². The molecule has 0 spiro atoms. The molecule has 0 aromatic rings. The molecule has 0 aromatic carbocycles. The summed E-state index contributed by atoms with van der Waals surface area (Å²) < 4.78 is 5.71. The first-order valence-electron chi connectivity index (χ1n) is 7.13. The molecule has 2 fully saturated rings. The number of aliphatic hydroxyl groups is 1. The maximum atomic E-state index is 12.3. The topological polar surface area (TPSA) is 58.6 Å². The van der Waals surface area contributed by atoms with Gasteiger partial charge in [0.25, 0.3) is 0 Å². The average molecular weight is 255 g/mol. The Balaban J connectivity index is 1.88. The maximum Gasteiger partial charge on any atom is 0.226 e. The van der Waals surface area contributed by atoms with Gasteiger partial charge in [0.15, 0.2) is 0 Å². The van der Waals surface area contributed by atoms with Gasteiger partial charge >= 0.3 is 0 Å². The first kappa shape index (κ1) is 13.8. The van der Waals surface area contributed by atoms with Crippen LogP contribution in [0.4, 0.5) is 0 Å². The van der Waals surface area contributed by atoms with Gasteiger partial charge in [-0.3, -0.25) is 4.79 Å². The van der Waals surface area contributed by atoms with E-state index in [1.54, 1.807) is 0 Å². The number of carbonyl (C=O) groups is 1. The predicted molar refractivity (Wildman–Crippen MR) is 69.1 cm³/mol. The molecule has 4 heteroatoms. The molecular weight excluding hydrogens is 230 g/mol. The fourth-order valence-corrected chi connectivity index (χ4v) is 3.24. The van der Waals surface area contributed by atoms with E-state index in [2.05, 4.69) is 12.2 Å². The first-order chi connectivity index (χ1) is 8.49. The lowest BCUT2D eigenvalue weighted by Gasteiger charge is -2.28. The summed E-state index contributed by atoms with van der Waals surface area (Å²) in [4.78, 5) is 12.3. The Morgan fingerprint density at radius 1 is 1.11 bits per heavy atom. The van der Waals surface area contributed by atoms with Crippen molar-refractivity contribution in [3.05, 3.63) is 0 Å². The molecule has 2 aliphatic rings. The molecule has 1 heterocycles. The molecule has 2 rings (SSSR count). The second kappa shape index (κ2) is 5.57. The summed E-state index contributed by atoms with van der Waals surface area (Å²) in [7, 11) is 0. The van der Waals surface area contributed by atoms with Gasteiger partial charge in [0.05, 0.1) is 24.2 Å². The Morgan fingerprint density at radius 3 is 2.22 bits per heavy atom. The van der Waals surface area contributed by atoms with Crippen molar-refractivity contribution in [3.8, 4) is 0 Å². The highest BCUT2D eigenvalue weighted by molar-refractivity contribution is 5.80. The van der Waals surface area contributed by atoms with Crippen LogP contribution in [0.1, 0.15) is 46.5 Å². The van der Waals surface area contributed by atoms with Crippen molar-refractivity contribution in [3.63, 3.8) is 0 Å². The molecule has 4 atom stereocenters. The molecule has 18 heavy (non-hydrogen) atoms. The average Bonchev–Trinajstić information content (AvgIpc) is 2.56. The highest BCUT2D eigenvalue weighted by atomic mass is 16.5. The van der Waals surface area contributed by atoms with E-state index in [1.165, 1.54) is 0 Å². The van der Waals surface area contributed by atoms with Crippen LogP contribution in [0, 0.1) is 11.8 Å². The molecule has 0 bridgehead atoms. The molecule has 1 aliphatic carbocycles. The van der Waals surface area contributed by atoms with Crippen LogP contribution in [-0.4, -0.2) is 35.4 Å². The van der Waals surface area contributed by atoms with Gasteiger partial charge in [0.1, 0.15) is 0 Å². The summed E-state index contributed by atoms with van der Waals surface area (Å²) in [5.41, 5.74) is 0. The lowest BCUT2D eigenvalue weighted by molar-refractivity contribution is -0.128. The van der Waals surface area contributed by atoms with Gasteiger partial charge in [-0.05, 0) is 45.4 Å². The fourth-order valence-electron chi connectivity index (χ4n) is 3.24. The summed E-state index contributed by atoms with van der Waals surface area (Å²) >= 11 is 0. The summed E-state index contributed by atoms with van der Waals surface area (Å²) in [5, 5.41) is 12.6. The van der Waals surface area contributed by atoms with Crippen molar-refractivity contribution in [1.29, 1.82) is 0 Å². The molecule has 0 radical (unpaired) electrons. The Hall–Kier alpha value is -0.610. The monoisotopic (exact) mass is 255 g/mol. The van der Waals surface area contributed by atoms with E-state index in [0.717, 1.165) is 25.7 Å². The largest absolute Gasteiger partial charge is 0.393 e. The number of rotatable bonds is 2. The van der Waals surface area contributed by atoms with Crippen LogP contribution in [0.2, 0.25) is 0 Å². The van der Waals surface area contributed by atoms with E-state index in [-0.39, 0.29) is 42.1 Å². The van der Waals surface area contributed by atoms with Crippen LogP contribution in [0.25, 0.3) is 0 Å². The first-order valence-corrected chi connectivity index (χ1v) is 7.13. The SMILES string of the molecule is CC1OC(C)C(C(=O)NC2CCC(O)CC2)C1C. The third kappa shape index (κ3) is 2.86. The zero-order valence-electron chi connectivity index (χ0n) is 11.6. The number of carbonyl (C=O) groups excluding carboxylic acids is 1. The maximum absolute atomic E-state index is 12.3. The van der Waals surface area contributed by atoms with E-state index in [9.17, 15) is 9.90 Å². The Morgan fingerprint density at radius 2 is 1.72 bits per heavy atom. The van der Waals surface area contributed by atoms with E-state index >= 15 is 0 Å². The number of hydrogen-bond acceptors (Lipinski definition) is 3. The highest BCUT2D eigenvalue weighted by Crippen LogP contribution is 2.32. The van der Waals surface area contributed by atoms with Crippen molar-refractivity contribution in [2.75, 3.05) is 0 Å². The molecule has 1 amide bonds. The van der Waals surface area contributed by atoms with Crippen molar-refractivity contribution < 1.29 is 14.6 Å². The lowest BCUT2D eigenvalue weighted by Crippen LogP contribution is -2.44. The van der Waals surface area contributed by atoms with Crippen LogP contribution >= 0.6 is 0 Å². The zero-order valence-corrected chi connectivity index (χ0v) is 11.6. The zero-order chi connectivity index (χ0) is 13.3. The molecule has 1 saturated heterocycles. The van der Waals surface area contributed by atoms with Gasteiger partial charge in [-0.15, -0.1) is 0 Å². The quantitative estimate of drug-likeness (QED) is 0.785. The third-order valence-corrected chi connectivity index (χ3v) is 4.59. The summed E-state index contributed by atoms with van der Waals surface area (Å²) in [6.07, 6.45) is 3.36. The number of hydrogen-bond donors (Lipinski definition) is 2. The number of ether oxygens (including phenoxy) is 1. The van der Waals surface area contributed by atoms with Crippen molar-refractivity contribution >= 4 is 5.91 Å². The minimum absolute atomic E-state index is 0.00387. The van der Waals surface area contributed by atoms with Gasteiger partial charge in [0.2, 0.25) is 5.91 Å². The normalized spacial score (nSPS) is 44.9. The lowest BCUT2D eigenvalue weighted by atomic mass is 9.87. The molecule has 2 N–H and O–H groups in total. The number of nitrogens with one attached hydrogen (secondary N) is 1. The van der Waals surface area contributed by atoms with Gasteiger partial charge in [0, 0.05) is 6.04 Å². The third-order valence-electron chi connectivity index (χ3n) is 4.59. The molecule has 1 saturated carbocycles. The van der Waals surface area contributed by atoms with Crippen LogP contribution in [-0.2, 0) is 9.53 Å². The molecule has 4 unspecified atom stereocenters. The van der Waals surface area contributed by atoms with Gasteiger partial charge in [-0.2, -0.15) is 0 Å². The standard InChI is InChI=1S/C14H25NO3/c1-8-9(2)18-10(3)13(8)14(17)15-11-4-6-12(16)7-5-11/h8-13,16H,4-7H2,1-3H3,(H,15,17). The van der Waals surface area contributed by atoms with Crippen LogP contribution in [0.5, 0.6) is 0 Å². The molecule has 1 aliphatic heterocycles. The van der Waals surface area contributed by atoms with Crippen LogP contribution in [0.15, 0.2) is 0 Å². The van der Waals surface area contributed by atoms with Crippen molar-refractivity contribution in [2.45, 2.75) is 70.8 Å². The second-order valence-corrected chi connectivity index (χ2v) is 5.95. The number of amides is 1. The van der Waals surface area contributed by atoms with E-state index in [1.807, 2.05) is 13.8 Å². The Kier molecular flexibility index (Phi) is 4.28. The van der Waals surface area contributed by atoms with E-state index < -0.39 is 0 Å². The summed E-state index contributed by atoms with van der Waals surface area (Å²) in [6, 6.07) is 0.233. The van der Waals surface area contributed by atoms with Crippen molar-refractivity contribution in [2.24, 2.45) is 11.8 Å². The predicted octanol–water partition coefficient (Wildman–Crippen LogP) is 1.47. The molecule has 0 aromatic heterocycles. The molecular formula is C14H25NO3. The minimum atomic E-state index is -0.175. The Bertz CT molecular complexity index is 299. The fraction of sp³-hybridized carbons (Fsp3) is 0.929. The molecule has 4 nitrogen and oxygen atoms in total. The van der Waals surface area contributed by atoms with E-state index in [0.29, 0.717) is 0 Å². The van der Waals surface area contributed by atoms with E-state index in [4.69, 9.17) is 4.74 Å². The molecule has 104 valence electrons. The summed E-state index contributed by atoms with van der Waals surface area (Å²) in [6.45, 7) is 6.10. The summed E-state index contributed by atoms with van der Waals surface area (Å²) in [5.74, 6) is 0.363. The van der Waals surface area contributed by atoms with Crippen LogP contribution < -0.4 is 5.32 Å². The smallest absolute Gasteiger partial charge is 0.226 e. The second-order valence-electron chi connectivity index (χ2n) is 5.95. The van der Waals surface area contributed by atoms with Gasteiger partial charge in [-0.25, -0.2) is 0 Å². The van der Waals surface area contributed by atoms with Gasteiger partial charge < -0.3 is 15.2 Å². The van der Waals surface area contributed by atoms with Crippen LogP contribution in [0.3, 0.4) is 0 Å². The Labute approximate surface area is 109 Å². The highest BCUT2D eigenvalue weighted by Gasteiger charge is 2.42.